The molecule has 5 nitrogen and oxygen atoms in total. The third kappa shape index (κ3) is 2.19. The SMILES string of the molecule is COC[C@H]1[C@H](NC(=O)c2cccn2C2CC2)[C@H]2CCO[C@H]21. The first-order valence-electron chi connectivity index (χ1n) is 7.88. The van der Waals surface area contributed by atoms with E-state index in [1.54, 1.807) is 7.11 Å². The van der Waals surface area contributed by atoms with Crippen molar-refractivity contribution in [1.29, 1.82) is 0 Å². The maximum Gasteiger partial charge on any atom is 0.268 e. The average molecular weight is 290 g/mol. The summed E-state index contributed by atoms with van der Waals surface area (Å²) < 4.78 is 13.2. The van der Waals surface area contributed by atoms with Gasteiger partial charge in [-0.3, -0.25) is 4.79 Å². The predicted octanol–water partition coefficient (Wildman–Crippen LogP) is 1.60. The maximum absolute atomic E-state index is 12.6. The van der Waals surface area contributed by atoms with Crippen molar-refractivity contribution in [3.8, 4) is 0 Å². The monoisotopic (exact) mass is 290 g/mol. The van der Waals surface area contributed by atoms with Gasteiger partial charge in [0.25, 0.3) is 5.91 Å². The molecule has 1 saturated heterocycles. The summed E-state index contributed by atoms with van der Waals surface area (Å²) in [5.41, 5.74) is 0.788. The van der Waals surface area contributed by atoms with E-state index < -0.39 is 0 Å². The van der Waals surface area contributed by atoms with Crippen molar-refractivity contribution in [1.82, 2.24) is 9.88 Å². The summed E-state index contributed by atoms with van der Waals surface area (Å²) in [7, 11) is 1.71. The van der Waals surface area contributed by atoms with Gasteiger partial charge in [0.05, 0.1) is 12.7 Å². The largest absolute Gasteiger partial charge is 0.384 e. The van der Waals surface area contributed by atoms with Crippen LogP contribution in [0.5, 0.6) is 0 Å². The van der Waals surface area contributed by atoms with Gasteiger partial charge in [-0.1, -0.05) is 0 Å². The van der Waals surface area contributed by atoms with E-state index in [0.29, 0.717) is 18.6 Å². The molecule has 0 radical (unpaired) electrons. The van der Waals surface area contributed by atoms with Gasteiger partial charge in [-0.15, -0.1) is 0 Å². The first kappa shape index (κ1) is 13.3. The van der Waals surface area contributed by atoms with Crippen molar-refractivity contribution in [3.63, 3.8) is 0 Å². The number of amides is 1. The second-order valence-electron chi connectivity index (χ2n) is 6.44. The summed E-state index contributed by atoms with van der Waals surface area (Å²) in [4.78, 5) is 12.6. The van der Waals surface area contributed by atoms with Gasteiger partial charge in [-0.05, 0) is 31.4 Å². The summed E-state index contributed by atoms with van der Waals surface area (Å²) >= 11 is 0. The summed E-state index contributed by atoms with van der Waals surface area (Å²) in [5, 5.41) is 3.23. The standard InChI is InChI=1S/C16H22N2O3/c1-20-9-12-14(11-6-8-21-15(11)12)17-16(19)13-3-2-7-18(13)10-4-5-10/h2-3,7,10-12,14-15H,4-6,8-9H2,1H3,(H,17,19)/t11-,12+,14-,15-/m1/s1. The van der Waals surface area contributed by atoms with Gasteiger partial charge in [0, 0.05) is 43.8 Å². The van der Waals surface area contributed by atoms with E-state index in [0.717, 1.165) is 18.7 Å². The molecule has 2 heterocycles. The first-order chi connectivity index (χ1) is 10.3. The van der Waals surface area contributed by atoms with Gasteiger partial charge in [-0.2, -0.15) is 0 Å². The summed E-state index contributed by atoms with van der Waals surface area (Å²) in [6.07, 6.45) is 5.69. The van der Waals surface area contributed by atoms with Crippen LogP contribution >= 0.6 is 0 Å². The molecule has 5 heteroatoms. The van der Waals surface area contributed by atoms with E-state index in [4.69, 9.17) is 9.47 Å². The summed E-state index contributed by atoms with van der Waals surface area (Å²) in [5.74, 6) is 0.789. The number of ether oxygens (including phenoxy) is 2. The Kier molecular flexibility index (Phi) is 3.27. The molecule has 1 amide bonds. The van der Waals surface area contributed by atoms with Crippen LogP contribution in [0.4, 0.5) is 0 Å². The third-order valence-corrected chi connectivity index (χ3v) is 5.14. The second kappa shape index (κ2) is 5.14. The highest BCUT2D eigenvalue weighted by Gasteiger charge is 2.54. The molecule has 21 heavy (non-hydrogen) atoms. The number of carbonyl (C=O) groups is 1. The van der Waals surface area contributed by atoms with E-state index in [9.17, 15) is 4.79 Å². The lowest BCUT2D eigenvalue weighted by molar-refractivity contribution is -0.0810. The number of fused-ring (bicyclic) bond motifs is 1. The van der Waals surface area contributed by atoms with Crippen LogP contribution < -0.4 is 5.32 Å². The van der Waals surface area contributed by atoms with E-state index in [1.807, 2.05) is 18.3 Å². The molecule has 0 bridgehead atoms. The Morgan fingerprint density at radius 2 is 2.33 bits per heavy atom. The average Bonchev–Trinajstić information content (AvgIpc) is 3.06. The summed E-state index contributed by atoms with van der Waals surface area (Å²) in [6.45, 7) is 1.45. The molecule has 1 N–H and O–H groups in total. The molecule has 0 spiro atoms. The van der Waals surface area contributed by atoms with E-state index in [2.05, 4.69) is 9.88 Å². The van der Waals surface area contributed by atoms with Crippen molar-refractivity contribution in [2.24, 2.45) is 11.8 Å². The molecule has 0 unspecified atom stereocenters. The normalized spacial score (nSPS) is 34.3. The van der Waals surface area contributed by atoms with E-state index >= 15 is 0 Å². The molecule has 2 saturated carbocycles. The molecule has 3 fully saturated rings. The fourth-order valence-electron chi connectivity index (χ4n) is 3.92. The number of hydrogen-bond donors (Lipinski definition) is 1. The van der Waals surface area contributed by atoms with Gasteiger partial charge >= 0.3 is 0 Å². The van der Waals surface area contributed by atoms with Crippen molar-refractivity contribution in [2.75, 3.05) is 20.3 Å². The number of nitrogens with one attached hydrogen (secondary N) is 1. The van der Waals surface area contributed by atoms with Gasteiger partial charge in [0.1, 0.15) is 5.69 Å². The Balaban J connectivity index is 1.47. The quantitative estimate of drug-likeness (QED) is 0.896. The van der Waals surface area contributed by atoms with Crippen LogP contribution in [0.3, 0.4) is 0 Å². The fraction of sp³-hybridized carbons (Fsp3) is 0.688. The smallest absolute Gasteiger partial charge is 0.268 e. The zero-order chi connectivity index (χ0) is 14.4. The van der Waals surface area contributed by atoms with Crippen molar-refractivity contribution in [3.05, 3.63) is 24.0 Å². The molecule has 114 valence electrons. The van der Waals surface area contributed by atoms with Crippen LogP contribution in [-0.2, 0) is 9.47 Å². The minimum Gasteiger partial charge on any atom is -0.384 e. The molecular formula is C16H22N2O3. The van der Waals surface area contributed by atoms with Crippen molar-refractivity contribution >= 4 is 5.91 Å². The Hall–Kier alpha value is -1.33. The highest BCUT2D eigenvalue weighted by Crippen LogP contribution is 2.44. The van der Waals surface area contributed by atoms with E-state index in [1.165, 1.54) is 12.8 Å². The minimum atomic E-state index is 0.0448. The lowest BCUT2D eigenvalue weighted by Gasteiger charge is -2.47. The van der Waals surface area contributed by atoms with E-state index in [-0.39, 0.29) is 24.0 Å². The molecule has 0 aromatic carbocycles. The minimum absolute atomic E-state index is 0.0448. The van der Waals surface area contributed by atoms with Gasteiger partial charge < -0.3 is 19.4 Å². The van der Waals surface area contributed by atoms with Crippen LogP contribution in [0.25, 0.3) is 0 Å². The Labute approximate surface area is 124 Å². The van der Waals surface area contributed by atoms with Crippen LogP contribution in [0.2, 0.25) is 0 Å². The Morgan fingerprint density at radius 1 is 1.48 bits per heavy atom. The lowest BCUT2D eigenvalue weighted by Crippen LogP contribution is -2.62. The Morgan fingerprint density at radius 3 is 3.10 bits per heavy atom. The molecule has 1 aliphatic heterocycles. The molecule has 3 aliphatic rings. The van der Waals surface area contributed by atoms with Gasteiger partial charge in [-0.25, -0.2) is 0 Å². The summed E-state index contributed by atoms with van der Waals surface area (Å²) in [6, 6.07) is 4.59. The fourth-order valence-corrected chi connectivity index (χ4v) is 3.92. The number of aromatic nitrogens is 1. The topological polar surface area (TPSA) is 52.5 Å². The van der Waals surface area contributed by atoms with Gasteiger partial charge in [0.15, 0.2) is 0 Å². The molecule has 2 aliphatic carbocycles. The zero-order valence-corrected chi connectivity index (χ0v) is 12.3. The van der Waals surface area contributed by atoms with Crippen LogP contribution in [0, 0.1) is 11.8 Å². The number of carbonyl (C=O) groups excluding carboxylic acids is 1. The molecule has 4 rings (SSSR count). The number of methoxy groups -OCH3 is 1. The molecule has 1 aromatic heterocycles. The second-order valence-corrected chi connectivity index (χ2v) is 6.44. The Bertz CT molecular complexity index is 537. The van der Waals surface area contributed by atoms with Crippen molar-refractivity contribution < 1.29 is 14.3 Å². The first-order valence-corrected chi connectivity index (χ1v) is 7.88. The lowest BCUT2D eigenvalue weighted by atomic mass is 9.67. The highest BCUT2D eigenvalue weighted by atomic mass is 16.5. The number of nitrogens with zero attached hydrogens (tertiary/aromatic N) is 1. The number of rotatable bonds is 5. The molecule has 4 atom stereocenters. The van der Waals surface area contributed by atoms with Crippen LogP contribution in [0.15, 0.2) is 18.3 Å². The molecule has 1 aromatic rings. The van der Waals surface area contributed by atoms with Gasteiger partial charge in [0.2, 0.25) is 0 Å². The highest BCUT2D eigenvalue weighted by molar-refractivity contribution is 5.93. The van der Waals surface area contributed by atoms with Crippen molar-refractivity contribution in [2.45, 2.75) is 37.5 Å². The number of hydrogen-bond acceptors (Lipinski definition) is 3. The van der Waals surface area contributed by atoms with Crippen LogP contribution in [0.1, 0.15) is 35.8 Å². The molecular weight excluding hydrogens is 268 g/mol. The predicted molar refractivity (Wildman–Crippen MR) is 77.2 cm³/mol. The maximum atomic E-state index is 12.6. The zero-order valence-electron chi connectivity index (χ0n) is 12.3. The third-order valence-electron chi connectivity index (χ3n) is 5.14. The van der Waals surface area contributed by atoms with Crippen LogP contribution in [-0.4, -0.2) is 42.9 Å².